The van der Waals surface area contributed by atoms with Crippen LogP contribution in [0.15, 0.2) is 24.3 Å². The Balaban J connectivity index is 1.62. The average Bonchev–Trinajstić information content (AvgIpc) is 2.86. The Morgan fingerprint density at radius 3 is 3.05 bits per heavy atom. The first-order chi connectivity index (χ1) is 10.5. The molecule has 1 atom stereocenters. The minimum absolute atomic E-state index is 0.0240. The van der Waals surface area contributed by atoms with Crippen molar-refractivity contribution >= 4 is 17.5 Å². The third-order valence-electron chi connectivity index (χ3n) is 3.99. The van der Waals surface area contributed by atoms with Crippen molar-refractivity contribution in [2.45, 2.75) is 13.3 Å². The summed E-state index contributed by atoms with van der Waals surface area (Å²) in [5, 5.41) is 3.51. The fraction of sp³-hybridized carbons (Fsp3) is 0.562. The van der Waals surface area contributed by atoms with Gasteiger partial charge < -0.3 is 15.8 Å². The topological polar surface area (TPSA) is 67.6 Å². The summed E-state index contributed by atoms with van der Waals surface area (Å²) in [6, 6.07) is 7.21. The van der Waals surface area contributed by atoms with Gasteiger partial charge >= 0.3 is 0 Å². The molecular formula is C16H24ClN3O2. The third kappa shape index (κ3) is 5.16. The molecule has 0 saturated carbocycles. The normalized spacial score (nSPS) is 21.8. The lowest BCUT2D eigenvalue weighted by Gasteiger charge is -2.22. The molecule has 0 aliphatic carbocycles. The second-order valence-corrected chi connectivity index (χ2v) is 6.57. The minimum Gasteiger partial charge on any atom is -0.492 e. The van der Waals surface area contributed by atoms with Crippen LogP contribution in [0.4, 0.5) is 0 Å². The van der Waals surface area contributed by atoms with Crippen molar-refractivity contribution < 1.29 is 9.53 Å². The number of nitrogens with two attached hydrogens (primary N) is 1. The highest BCUT2D eigenvalue weighted by atomic mass is 35.5. The molecule has 5 nitrogen and oxygen atoms in total. The highest BCUT2D eigenvalue weighted by molar-refractivity contribution is 6.30. The molecule has 0 bridgehead atoms. The molecule has 1 unspecified atom stereocenters. The maximum Gasteiger partial charge on any atom is 0.234 e. The summed E-state index contributed by atoms with van der Waals surface area (Å²) in [7, 11) is 0. The van der Waals surface area contributed by atoms with Crippen molar-refractivity contribution in [2.24, 2.45) is 11.1 Å². The molecule has 2 rings (SSSR count). The van der Waals surface area contributed by atoms with Gasteiger partial charge in [-0.1, -0.05) is 24.6 Å². The van der Waals surface area contributed by atoms with Crippen LogP contribution < -0.4 is 15.8 Å². The largest absolute Gasteiger partial charge is 0.492 e. The first-order valence-electron chi connectivity index (χ1n) is 7.58. The van der Waals surface area contributed by atoms with Gasteiger partial charge in [0.25, 0.3) is 0 Å². The van der Waals surface area contributed by atoms with Crippen LogP contribution in [0.25, 0.3) is 0 Å². The average molecular weight is 326 g/mol. The fourth-order valence-corrected chi connectivity index (χ4v) is 2.78. The lowest BCUT2D eigenvalue weighted by atomic mass is 9.90. The van der Waals surface area contributed by atoms with E-state index in [1.807, 2.05) is 12.1 Å². The van der Waals surface area contributed by atoms with Crippen LogP contribution in [0.2, 0.25) is 5.02 Å². The minimum atomic E-state index is 0.0240. The first-order valence-corrected chi connectivity index (χ1v) is 7.96. The molecule has 1 fully saturated rings. The van der Waals surface area contributed by atoms with Crippen molar-refractivity contribution in [1.82, 2.24) is 10.2 Å². The number of carbonyl (C=O) groups is 1. The molecule has 1 saturated heterocycles. The molecule has 122 valence electrons. The van der Waals surface area contributed by atoms with E-state index in [0.717, 1.165) is 19.5 Å². The number of benzene rings is 1. The highest BCUT2D eigenvalue weighted by Crippen LogP contribution is 2.27. The molecule has 1 amide bonds. The van der Waals surface area contributed by atoms with Gasteiger partial charge in [0, 0.05) is 11.6 Å². The maximum absolute atomic E-state index is 11.9. The van der Waals surface area contributed by atoms with Gasteiger partial charge in [-0.3, -0.25) is 9.69 Å². The predicted molar refractivity (Wildman–Crippen MR) is 88.2 cm³/mol. The number of halogens is 1. The molecule has 1 aliphatic heterocycles. The van der Waals surface area contributed by atoms with Crippen LogP contribution in [0.3, 0.4) is 0 Å². The number of rotatable bonds is 7. The number of nitrogens with zero attached hydrogens (tertiary/aromatic N) is 1. The molecule has 0 aromatic heterocycles. The summed E-state index contributed by atoms with van der Waals surface area (Å²) < 4.78 is 5.53. The Bertz CT molecular complexity index is 512. The number of amides is 1. The van der Waals surface area contributed by atoms with E-state index < -0.39 is 0 Å². The standard InChI is InChI=1S/C16H24ClN3O2/c1-16(11-18)5-7-20(12-16)10-15(21)19-6-8-22-14-4-2-3-13(17)9-14/h2-4,9H,5-8,10-12,18H2,1H3,(H,19,21). The van der Waals surface area contributed by atoms with E-state index in [1.54, 1.807) is 12.1 Å². The van der Waals surface area contributed by atoms with E-state index in [4.69, 9.17) is 22.1 Å². The Labute approximate surface area is 136 Å². The third-order valence-corrected chi connectivity index (χ3v) is 4.22. The number of hydrogen-bond donors (Lipinski definition) is 2. The number of likely N-dealkylation sites (tertiary alicyclic amines) is 1. The first kappa shape index (κ1) is 17.1. The second-order valence-electron chi connectivity index (χ2n) is 6.13. The second kappa shape index (κ2) is 7.81. The van der Waals surface area contributed by atoms with Crippen LogP contribution in [-0.4, -0.2) is 50.1 Å². The summed E-state index contributed by atoms with van der Waals surface area (Å²) in [6.45, 7) is 5.98. The molecule has 1 aromatic carbocycles. The SMILES string of the molecule is CC1(CN)CCN(CC(=O)NCCOc2cccc(Cl)c2)C1. The van der Waals surface area contributed by atoms with Crippen molar-refractivity contribution in [2.75, 3.05) is 39.3 Å². The van der Waals surface area contributed by atoms with E-state index in [1.165, 1.54) is 0 Å². The van der Waals surface area contributed by atoms with Crippen molar-refractivity contribution in [3.63, 3.8) is 0 Å². The van der Waals surface area contributed by atoms with Gasteiger partial charge in [0.05, 0.1) is 13.1 Å². The lowest BCUT2D eigenvalue weighted by Crippen LogP contribution is -2.39. The van der Waals surface area contributed by atoms with Crippen molar-refractivity contribution in [3.05, 3.63) is 29.3 Å². The molecular weight excluding hydrogens is 302 g/mol. The number of ether oxygens (including phenoxy) is 1. The van der Waals surface area contributed by atoms with Crippen molar-refractivity contribution in [3.8, 4) is 5.75 Å². The Hall–Kier alpha value is -1.30. The Kier molecular flexibility index (Phi) is 6.06. The summed E-state index contributed by atoms with van der Waals surface area (Å²) >= 11 is 5.87. The van der Waals surface area contributed by atoms with E-state index >= 15 is 0 Å². The monoisotopic (exact) mass is 325 g/mol. The number of hydrogen-bond acceptors (Lipinski definition) is 4. The molecule has 22 heavy (non-hydrogen) atoms. The molecule has 1 aliphatic rings. The zero-order valence-electron chi connectivity index (χ0n) is 13.0. The smallest absolute Gasteiger partial charge is 0.234 e. The van der Waals surface area contributed by atoms with Crippen LogP contribution >= 0.6 is 11.6 Å². The van der Waals surface area contributed by atoms with E-state index in [9.17, 15) is 4.79 Å². The summed E-state index contributed by atoms with van der Waals surface area (Å²) in [5.74, 6) is 0.732. The Morgan fingerprint density at radius 2 is 2.36 bits per heavy atom. The van der Waals surface area contributed by atoms with Crippen LogP contribution in [0, 0.1) is 5.41 Å². The Morgan fingerprint density at radius 1 is 1.55 bits per heavy atom. The molecule has 3 N–H and O–H groups in total. The van der Waals surface area contributed by atoms with Gasteiger partial charge in [-0.2, -0.15) is 0 Å². The maximum atomic E-state index is 11.9. The van der Waals surface area contributed by atoms with Gasteiger partial charge in [0.2, 0.25) is 5.91 Å². The van der Waals surface area contributed by atoms with Crippen LogP contribution in [0.5, 0.6) is 5.75 Å². The fourth-order valence-electron chi connectivity index (χ4n) is 2.60. The molecule has 1 heterocycles. The predicted octanol–water partition coefficient (Wildman–Crippen LogP) is 1.51. The quantitative estimate of drug-likeness (QED) is 0.746. The molecule has 0 radical (unpaired) electrons. The summed E-state index contributed by atoms with van der Waals surface area (Å²) in [6.07, 6.45) is 1.05. The summed E-state index contributed by atoms with van der Waals surface area (Å²) in [4.78, 5) is 14.1. The van der Waals surface area contributed by atoms with Gasteiger partial charge in [0.1, 0.15) is 12.4 Å². The number of carbonyl (C=O) groups excluding carboxylic acids is 1. The van der Waals surface area contributed by atoms with Gasteiger partial charge in [-0.15, -0.1) is 0 Å². The lowest BCUT2D eigenvalue weighted by molar-refractivity contribution is -0.122. The zero-order chi connectivity index (χ0) is 16.0. The molecule has 6 heteroatoms. The van der Waals surface area contributed by atoms with E-state index in [-0.39, 0.29) is 11.3 Å². The van der Waals surface area contributed by atoms with Gasteiger partial charge in [-0.05, 0) is 43.1 Å². The van der Waals surface area contributed by atoms with E-state index in [2.05, 4.69) is 17.1 Å². The zero-order valence-corrected chi connectivity index (χ0v) is 13.7. The molecule has 0 spiro atoms. The van der Waals surface area contributed by atoms with Crippen LogP contribution in [-0.2, 0) is 4.79 Å². The molecule has 1 aromatic rings. The number of nitrogens with one attached hydrogen (secondary N) is 1. The van der Waals surface area contributed by atoms with Gasteiger partial charge in [0.15, 0.2) is 0 Å². The van der Waals surface area contributed by atoms with Gasteiger partial charge in [-0.25, -0.2) is 0 Å². The van der Waals surface area contributed by atoms with Crippen molar-refractivity contribution in [1.29, 1.82) is 0 Å². The highest BCUT2D eigenvalue weighted by Gasteiger charge is 2.32. The van der Waals surface area contributed by atoms with E-state index in [0.29, 0.717) is 37.0 Å². The summed E-state index contributed by atoms with van der Waals surface area (Å²) in [5.41, 5.74) is 5.92. The van der Waals surface area contributed by atoms with Crippen LogP contribution in [0.1, 0.15) is 13.3 Å².